The van der Waals surface area contributed by atoms with Crippen LogP contribution in [0.3, 0.4) is 0 Å². The average Bonchev–Trinajstić information content (AvgIpc) is 2.38. The first-order chi connectivity index (χ1) is 8.63. The number of aliphatic hydroxyl groups is 1. The van der Waals surface area contributed by atoms with Gasteiger partial charge in [-0.3, -0.25) is 0 Å². The predicted octanol–water partition coefficient (Wildman–Crippen LogP) is 2.96. The Morgan fingerprint density at radius 3 is 2.56 bits per heavy atom. The van der Waals surface area contributed by atoms with Gasteiger partial charge in [0, 0.05) is 24.3 Å². The second-order valence-corrected chi connectivity index (χ2v) is 5.44. The molecule has 1 saturated carbocycles. The SMILES string of the molecule is Cc1cc(C)c(CO)c(N(C)C2CCCCC2)n1. The fourth-order valence-electron chi connectivity index (χ4n) is 2.97. The Hall–Kier alpha value is -1.09. The van der Waals surface area contributed by atoms with Gasteiger partial charge in [0.05, 0.1) is 6.61 Å². The molecule has 0 bridgehead atoms. The standard InChI is InChI=1S/C15H24N2O/c1-11-9-12(2)16-15(14(11)10-18)17(3)13-7-5-4-6-8-13/h9,13,18H,4-8,10H2,1-3H3. The first-order valence-corrected chi connectivity index (χ1v) is 6.94. The topological polar surface area (TPSA) is 36.4 Å². The summed E-state index contributed by atoms with van der Waals surface area (Å²) in [5.74, 6) is 0.974. The molecule has 0 amide bonds. The zero-order chi connectivity index (χ0) is 13.1. The van der Waals surface area contributed by atoms with Crippen LogP contribution in [0.25, 0.3) is 0 Å². The van der Waals surface area contributed by atoms with Crippen molar-refractivity contribution >= 4 is 5.82 Å². The molecule has 1 aromatic rings. The van der Waals surface area contributed by atoms with Crippen molar-refractivity contribution in [2.45, 2.75) is 58.6 Å². The van der Waals surface area contributed by atoms with Crippen LogP contribution in [0.2, 0.25) is 0 Å². The normalized spacial score (nSPS) is 16.9. The van der Waals surface area contributed by atoms with Crippen molar-refractivity contribution in [1.29, 1.82) is 0 Å². The number of hydrogen-bond donors (Lipinski definition) is 1. The second kappa shape index (κ2) is 5.70. The van der Waals surface area contributed by atoms with Crippen LogP contribution >= 0.6 is 0 Å². The molecule has 2 rings (SSSR count). The van der Waals surface area contributed by atoms with Gasteiger partial charge in [-0.15, -0.1) is 0 Å². The molecule has 1 fully saturated rings. The van der Waals surface area contributed by atoms with E-state index < -0.39 is 0 Å². The Bertz CT molecular complexity index is 411. The van der Waals surface area contributed by atoms with E-state index in [2.05, 4.69) is 23.9 Å². The van der Waals surface area contributed by atoms with Crippen LogP contribution in [-0.2, 0) is 6.61 Å². The third-order valence-corrected chi connectivity index (χ3v) is 4.07. The van der Waals surface area contributed by atoms with Gasteiger partial charge in [-0.05, 0) is 38.3 Å². The molecule has 3 nitrogen and oxygen atoms in total. The minimum atomic E-state index is 0.0749. The maximum absolute atomic E-state index is 9.57. The van der Waals surface area contributed by atoms with Crippen LogP contribution in [0, 0.1) is 13.8 Å². The van der Waals surface area contributed by atoms with E-state index in [0.717, 1.165) is 22.6 Å². The van der Waals surface area contributed by atoms with Crippen molar-refractivity contribution in [3.05, 3.63) is 22.9 Å². The molecule has 1 heterocycles. The predicted molar refractivity (Wildman–Crippen MR) is 74.9 cm³/mol. The van der Waals surface area contributed by atoms with Gasteiger partial charge in [-0.2, -0.15) is 0 Å². The van der Waals surface area contributed by atoms with Gasteiger partial charge in [0.25, 0.3) is 0 Å². The summed E-state index contributed by atoms with van der Waals surface area (Å²) < 4.78 is 0. The fourth-order valence-corrected chi connectivity index (χ4v) is 2.97. The highest BCUT2D eigenvalue weighted by Gasteiger charge is 2.21. The van der Waals surface area contributed by atoms with Crippen molar-refractivity contribution in [3.8, 4) is 0 Å². The summed E-state index contributed by atoms with van der Waals surface area (Å²) >= 11 is 0. The third-order valence-electron chi connectivity index (χ3n) is 4.07. The van der Waals surface area contributed by atoms with E-state index >= 15 is 0 Å². The number of rotatable bonds is 3. The lowest BCUT2D eigenvalue weighted by Gasteiger charge is -2.33. The molecule has 1 N–H and O–H groups in total. The van der Waals surface area contributed by atoms with Gasteiger partial charge in [-0.1, -0.05) is 19.3 Å². The molecule has 18 heavy (non-hydrogen) atoms. The van der Waals surface area contributed by atoms with Gasteiger partial charge in [-0.25, -0.2) is 4.98 Å². The van der Waals surface area contributed by atoms with Crippen molar-refractivity contribution in [1.82, 2.24) is 4.98 Å². The largest absolute Gasteiger partial charge is 0.392 e. The Kier molecular flexibility index (Phi) is 4.23. The molecule has 1 aliphatic carbocycles. The molecular weight excluding hydrogens is 224 g/mol. The van der Waals surface area contributed by atoms with E-state index in [0.29, 0.717) is 6.04 Å². The summed E-state index contributed by atoms with van der Waals surface area (Å²) in [7, 11) is 2.12. The molecule has 0 aromatic carbocycles. The van der Waals surface area contributed by atoms with Crippen molar-refractivity contribution < 1.29 is 5.11 Å². The van der Waals surface area contributed by atoms with Gasteiger partial charge < -0.3 is 10.0 Å². The van der Waals surface area contributed by atoms with E-state index in [9.17, 15) is 5.11 Å². The molecule has 1 aromatic heterocycles. The average molecular weight is 248 g/mol. The summed E-state index contributed by atoms with van der Waals surface area (Å²) in [6, 6.07) is 2.63. The molecule has 0 radical (unpaired) electrons. The number of anilines is 1. The van der Waals surface area contributed by atoms with Gasteiger partial charge in [0.2, 0.25) is 0 Å². The molecule has 100 valence electrons. The van der Waals surface area contributed by atoms with Crippen LogP contribution in [0.4, 0.5) is 5.82 Å². The lowest BCUT2D eigenvalue weighted by Crippen LogP contribution is -2.35. The molecule has 0 aliphatic heterocycles. The first kappa shape index (κ1) is 13.3. The maximum Gasteiger partial charge on any atom is 0.134 e. The van der Waals surface area contributed by atoms with E-state index in [1.807, 2.05) is 13.0 Å². The summed E-state index contributed by atoms with van der Waals surface area (Å²) in [4.78, 5) is 6.93. The molecular formula is C15H24N2O. The molecule has 0 spiro atoms. The van der Waals surface area contributed by atoms with Crippen LogP contribution in [-0.4, -0.2) is 23.2 Å². The van der Waals surface area contributed by atoms with E-state index in [4.69, 9.17) is 0 Å². The molecule has 0 unspecified atom stereocenters. The third kappa shape index (κ3) is 2.66. The van der Waals surface area contributed by atoms with Crippen LogP contribution in [0.5, 0.6) is 0 Å². The number of hydrogen-bond acceptors (Lipinski definition) is 3. The molecule has 0 saturated heterocycles. The molecule has 0 atom stereocenters. The van der Waals surface area contributed by atoms with Crippen molar-refractivity contribution in [3.63, 3.8) is 0 Å². The van der Waals surface area contributed by atoms with E-state index in [1.165, 1.54) is 32.1 Å². The Morgan fingerprint density at radius 2 is 1.94 bits per heavy atom. The Balaban J connectivity index is 2.30. The lowest BCUT2D eigenvalue weighted by molar-refractivity contribution is 0.280. The summed E-state index contributed by atoms with van der Waals surface area (Å²) in [5.41, 5.74) is 3.15. The zero-order valence-corrected chi connectivity index (χ0v) is 11.7. The minimum absolute atomic E-state index is 0.0749. The van der Waals surface area contributed by atoms with Gasteiger partial charge in [0.1, 0.15) is 5.82 Å². The first-order valence-electron chi connectivity index (χ1n) is 6.94. The molecule has 3 heteroatoms. The summed E-state index contributed by atoms with van der Waals surface area (Å²) in [6.45, 7) is 4.15. The van der Waals surface area contributed by atoms with Gasteiger partial charge in [0.15, 0.2) is 0 Å². The van der Waals surface area contributed by atoms with Crippen LogP contribution < -0.4 is 4.90 Å². The number of aryl methyl sites for hydroxylation is 2. The highest BCUT2D eigenvalue weighted by atomic mass is 16.3. The van der Waals surface area contributed by atoms with E-state index in [-0.39, 0.29) is 6.61 Å². The number of aromatic nitrogens is 1. The highest BCUT2D eigenvalue weighted by molar-refractivity contribution is 5.51. The monoisotopic (exact) mass is 248 g/mol. The summed E-state index contributed by atoms with van der Waals surface area (Å²) in [5, 5.41) is 9.57. The van der Waals surface area contributed by atoms with Crippen LogP contribution in [0.1, 0.15) is 48.9 Å². The smallest absolute Gasteiger partial charge is 0.134 e. The zero-order valence-electron chi connectivity index (χ0n) is 11.7. The highest BCUT2D eigenvalue weighted by Crippen LogP contribution is 2.28. The lowest BCUT2D eigenvalue weighted by atomic mass is 9.94. The number of nitrogens with zero attached hydrogens (tertiary/aromatic N) is 2. The molecule has 1 aliphatic rings. The minimum Gasteiger partial charge on any atom is -0.392 e. The van der Waals surface area contributed by atoms with Gasteiger partial charge >= 0.3 is 0 Å². The van der Waals surface area contributed by atoms with E-state index in [1.54, 1.807) is 0 Å². The Labute approximate surface area is 110 Å². The summed E-state index contributed by atoms with van der Waals surface area (Å²) in [6.07, 6.45) is 6.48. The number of aliphatic hydroxyl groups excluding tert-OH is 1. The quantitative estimate of drug-likeness (QED) is 0.893. The fraction of sp³-hybridized carbons (Fsp3) is 0.667. The second-order valence-electron chi connectivity index (χ2n) is 5.44. The number of pyridine rings is 1. The Morgan fingerprint density at radius 1 is 1.28 bits per heavy atom. The van der Waals surface area contributed by atoms with Crippen molar-refractivity contribution in [2.24, 2.45) is 0 Å². The van der Waals surface area contributed by atoms with Crippen molar-refractivity contribution in [2.75, 3.05) is 11.9 Å². The van der Waals surface area contributed by atoms with Crippen LogP contribution in [0.15, 0.2) is 6.07 Å². The maximum atomic E-state index is 9.57.